The Hall–Kier alpha value is 0.190. The molecular formula is C8H18O4S. The third kappa shape index (κ3) is 12.2. The Morgan fingerprint density at radius 3 is 2.08 bits per heavy atom. The summed E-state index contributed by atoms with van der Waals surface area (Å²) in [4.78, 5) is 0. The molecule has 0 aromatic rings. The van der Waals surface area contributed by atoms with Gasteiger partial charge in [-0.05, 0) is 0 Å². The van der Waals surface area contributed by atoms with Gasteiger partial charge in [-0.3, -0.25) is 0 Å². The molecule has 0 bridgehead atoms. The molecule has 0 aliphatic rings. The van der Waals surface area contributed by atoms with Crippen LogP contribution in [0, 0.1) is 0 Å². The first-order chi connectivity index (χ1) is 6.41. The number of aliphatic hydroxyl groups excluding tert-OH is 2. The zero-order chi connectivity index (χ0) is 9.78. The molecule has 0 aliphatic carbocycles. The maximum absolute atomic E-state index is 8.46. The van der Waals surface area contributed by atoms with E-state index in [0.717, 1.165) is 11.5 Å². The SMILES string of the molecule is OCCOCCOCCSCCO. The van der Waals surface area contributed by atoms with Crippen LogP contribution in [-0.4, -0.2) is 61.4 Å². The molecule has 0 amide bonds. The van der Waals surface area contributed by atoms with Crippen LogP contribution in [0.1, 0.15) is 0 Å². The van der Waals surface area contributed by atoms with Crippen LogP contribution in [0.2, 0.25) is 0 Å². The second-order valence-electron chi connectivity index (χ2n) is 2.28. The van der Waals surface area contributed by atoms with Gasteiger partial charge in [0.05, 0.1) is 39.6 Å². The Labute approximate surface area is 83.2 Å². The van der Waals surface area contributed by atoms with Crippen LogP contribution in [0.5, 0.6) is 0 Å². The summed E-state index contributed by atoms with van der Waals surface area (Å²) in [6, 6.07) is 0. The molecule has 0 aliphatic heterocycles. The van der Waals surface area contributed by atoms with Crippen molar-refractivity contribution in [3.05, 3.63) is 0 Å². The van der Waals surface area contributed by atoms with E-state index in [1.165, 1.54) is 0 Å². The highest BCUT2D eigenvalue weighted by Gasteiger charge is 1.90. The zero-order valence-corrected chi connectivity index (χ0v) is 8.59. The van der Waals surface area contributed by atoms with Crippen molar-refractivity contribution in [2.45, 2.75) is 0 Å². The van der Waals surface area contributed by atoms with E-state index in [-0.39, 0.29) is 13.2 Å². The van der Waals surface area contributed by atoms with Crippen LogP contribution in [0.15, 0.2) is 0 Å². The molecule has 80 valence electrons. The van der Waals surface area contributed by atoms with Crippen molar-refractivity contribution in [1.29, 1.82) is 0 Å². The smallest absolute Gasteiger partial charge is 0.0701 e. The summed E-state index contributed by atoms with van der Waals surface area (Å²) in [7, 11) is 0. The number of hydrogen-bond donors (Lipinski definition) is 2. The number of aliphatic hydroxyl groups is 2. The molecule has 4 nitrogen and oxygen atoms in total. The van der Waals surface area contributed by atoms with Gasteiger partial charge in [0.2, 0.25) is 0 Å². The quantitative estimate of drug-likeness (QED) is 0.486. The Morgan fingerprint density at radius 1 is 0.769 bits per heavy atom. The van der Waals surface area contributed by atoms with E-state index >= 15 is 0 Å². The molecule has 0 aromatic heterocycles. The third-order valence-electron chi connectivity index (χ3n) is 1.22. The Balaban J connectivity index is 2.76. The van der Waals surface area contributed by atoms with Crippen molar-refractivity contribution in [3.63, 3.8) is 0 Å². The molecule has 0 rings (SSSR count). The van der Waals surface area contributed by atoms with Gasteiger partial charge >= 0.3 is 0 Å². The lowest BCUT2D eigenvalue weighted by Gasteiger charge is -2.03. The van der Waals surface area contributed by atoms with Gasteiger partial charge in [0.1, 0.15) is 0 Å². The molecule has 0 radical (unpaired) electrons. The lowest BCUT2D eigenvalue weighted by Crippen LogP contribution is -2.08. The van der Waals surface area contributed by atoms with E-state index in [2.05, 4.69) is 0 Å². The van der Waals surface area contributed by atoms with Crippen molar-refractivity contribution in [2.75, 3.05) is 51.1 Å². The summed E-state index contributed by atoms with van der Waals surface area (Å²) in [5.74, 6) is 1.67. The highest BCUT2D eigenvalue weighted by Crippen LogP contribution is 1.97. The monoisotopic (exact) mass is 210 g/mol. The lowest BCUT2D eigenvalue weighted by atomic mass is 10.7. The average molecular weight is 210 g/mol. The molecular weight excluding hydrogens is 192 g/mol. The maximum Gasteiger partial charge on any atom is 0.0701 e. The number of rotatable bonds is 10. The first kappa shape index (κ1) is 13.2. The summed E-state index contributed by atoms with van der Waals surface area (Å²) in [5, 5.41) is 16.8. The summed E-state index contributed by atoms with van der Waals surface area (Å²) in [5.41, 5.74) is 0. The highest BCUT2D eigenvalue weighted by atomic mass is 32.2. The number of thioether (sulfide) groups is 1. The van der Waals surface area contributed by atoms with Crippen molar-refractivity contribution in [3.8, 4) is 0 Å². The topological polar surface area (TPSA) is 58.9 Å². The summed E-state index contributed by atoms with van der Waals surface area (Å²) in [6.45, 7) is 2.46. The molecule has 0 fully saturated rings. The maximum atomic E-state index is 8.46. The van der Waals surface area contributed by atoms with Crippen molar-refractivity contribution in [1.82, 2.24) is 0 Å². The molecule has 5 heteroatoms. The van der Waals surface area contributed by atoms with Crippen LogP contribution in [0.4, 0.5) is 0 Å². The van der Waals surface area contributed by atoms with E-state index in [4.69, 9.17) is 19.7 Å². The van der Waals surface area contributed by atoms with Crippen LogP contribution >= 0.6 is 11.8 Å². The summed E-state index contributed by atoms with van der Waals surface area (Å²) in [6.07, 6.45) is 0. The minimum absolute atomic E-state index is 0.0619. The minimum Gasteiger partial charge on any atom is -0.396 e. The molecule has 0 heterocycles. The molecule has 0 saturated heterocycles. The minimum atomic E-state index is 0.0619. The van der Waals surface area contributed by atoms with Gasteiger partial charge in [-0.25, -0.2) is 0 Å². The van der Waals surface area contributed by atoms with Gasteiger partial charge in [0.25, 0.3) is 0 Å². The van der Waals surface area contributed by atoms with Crippen molar-refractivity contribution in [2.24, 2.45) is 0 Å². The van der Waals surface area contributed by atoms with Crippen LogP contribution in [-0.2, 0) is 9.47 Å². The van der Waals surface area contributed by atoms with E-state index < -0.39 is 0 Å². The van der Waals surface area contributed by atoms with E-state index in [9.17, 15) is 0 Å². The standard InChI is InChI=1S/C8H18O4S/c9-1-3-11-4-5-12-6-8-13-7-2-10/h9-10H,1-8H2. The molecule has 13 heavy (non-hydrogen) atoms. The second-order valence-corrected chi connectivity index (χ2v) is 3.51. The van der Waals surface area contributed by atoms with E-state index in [0.29, 0.717) is 26.4 Å². The first-order valence-electron chi connectivity index (χ1n) is 4.36. The lowest BCUT2D eigenvalue weighted by molar-refractivity contribution is 0.0377. The van der Waals surface area contributed by atoms with Gasteiger partial charge in [-0.1, -0.05) is 0 Å². The number of hydrogen-bond acceptors (Lipinski definition) is 5. The largest absolute Gasteiger partial charge is 0.396 e. The summed E-state index contributed by atoms with van der Waals surface area (Å²) >= 11 is 1.67. The third-order valence-corrected chi connectivity index (χ3v) is 2.14. The Morgan fingerprint density at radius 2 is 1.46 bits per heavy atom. The Bertz CT molecular complexity index is 82.2. The molecule has 0 aromatic carbocycles. The van der Waals surface area contributed by atoms with Gasteiger partial charge in [0, 0.05) is 11.5 Å². The highest BCUT2D eigenvalue weighted by molar-refractivity contribution is 7.99. The molecule has 0 saturated carbocycles. The zero-order valence-electron chi connectivity index (χ0n) is 7.78. The molecule has 2 N–H and O–H groups in total. The predicted octanol–water partition coefficient (Wildman–Crippen LogP) is -0.263. The number of ether oxygens (including phenoxy) is 2. The van der Waals surface area contributed by atoms with Crippen LogP contribution < -0.4 is 0 Å². The molecule has 0 atom stereocenters. The molecule has 0 unspecified atom stereocenters. The average Bonchev–Trinajstić information content (AvgIpc) is 2.16. The Kier molecular flexibility index (Phi) is 12.4. The fourth-order valence-electron chi connectivity index (χ4n) is 0.671. The normalized spacial score (nSPS) is 10.6. The second kappa shape index (κ2) is 12.2. The van der Waals surface area contributed by atoms with Crippen molar-refractivity contribution < 1.29 is 19.7 Å². The van der Waals surface area contributed by atoms with Gasteiger partial charge in [0.15, 0.2) is 0 Å². The van der Waals surface area contributed by atoms with Gasteiger partial charge < -0.3 is 19.7 Å². The first-order valence-corrected chi connectivity index (χ1v) is 5.52. The van der Waals surface area contributed by atoms with E-state index in [1.807, 2.05) is 0 Å². The van der Waals surface area contributed by atoms with Gasteiger partial charge in [-0.15, -0.1) is 0 Å². The van der Waals surface area contributed by atoms with Crippen molar-refractivity contribution >= 4 is 11.8 Å². The fraction of sp³-hybridized carbons (Fsp3) is 1.00. The summed E-state index contributed by atoms with van der Waals surface area (Å²) < 4.78 is 10.2. The van der Waals surface area contributed by atoms with Crippen LogP contribution in [0.25, 0.3) is 0 Å². The predicted molar refractivity (Wildman–Crippen MR) is 53.1 cm³/mol. The van der Waals surface area contributed by atoms with Crippen LogP contribution in [0.3, 0.4) is 0 Å². The fourth-order valence-corrected chi connectivity index (χ4v) is 1.24. The van der Waals surface area contributed by atoms with Gasteiger partial charge in [-0.2, -0.15) is 11.8 Å². The molecule has 0 spiro atoms. The van der Waals surface area contributed by atoms with E-state index in [1.54, 1.807) is 11.8 Å².